The molecule has 13 heavy (non-hydrogen) atoms. The number of nitrogens with one attached hydrogen (secondary N) is 4. The van der Waals surface area contributed by atoms with Crippen LogP contribution in [0.4, 0.5) is 0 Å². The third kappa shape index (κ3) is 1.48. The Morgan fingerprint density at radius 2 is 1.31 bits per heavy atom. The molecule has 0 fully saturated rings. The van der Waals surface area contributed by atoms with Crippen molar-refractivity contribution in [3.05, 3.63) is 31.3 Å². The van der Waals surface area contributed by atoms with Crippen LogP contribution < -0.4 is 16.9 Å². The molecule has 4 N–H and O–H groups in total. The average Bonchev–Trinajstić information content (AvgIpc) is 2.29. The predicted molar refractivity (Wildman–Crippen MR) is 40.2 cm³/mol. The Kier molecular flexibility index (Phi) is 2.24. The van der Waals surface area contributed by atoms with Crippen molar-refractivity contribution in [2.24, 2.45) is 0 Å². The Morgan fingerprint density at radius 1 is 0.769 bits per heavy atom. The fourth-order valence-electron chi connectivity index (χ4n) is 0.958. The molecule has 0 atom stereocenters. The van der Waals surface area contributed by atoms with E-state index >= 15 is 0 Å². The van der Waals surface area contributed by atoms with Crippen LogP contribution in [0.1, 0.15) is 0 Å². The molecule has 2 heterocycles. The summed E-state index contributed by atoms with van der Waals surface area (Å²) >= 11 is 0. The Balaban J connectivity index is 0.000000845. The molecule has 0 aliphatic heterocycles. The minimum Gasteiger partial charge on any atom is -0.300 e. The number of aromatic nitrogens is 4. The Labute approximate surface area is 79.5 Å². The molecule has 0 saturated heterocycles. The van der Waals surface area contributed by atoms with Gasteiger partial charge in [0.05, 0.1) is 0 Å². The van der Waals surface area contributed by atoms with Gasteiger partial charge in [0.1, 0.15) is 11.2 Å². The fraction of sp³-hybridized carbons (Fsp3) is 0. The molecule has 0 saturated carbocycles. The normalized spacial score (nSPS) is 9.85. The summed E-state index contributed by atoms with van der Waals surface area (Å²) in [7, 11) is 0. The van der Waals surface area contributed by atoms with Crippen molar-refractivity contribution in [1.82, 2.24) is 19.9 Å². The quantitative estimate of drug-likeness (QED) is 0.399. The van der Waals surface area contributed by atoms with E-state index < -0.39 is 16.9 Å². The molecule has 0 aromatic carbocycles. The predicted octanol–water partition coefficient (Wildman–Crippen LogP) is -1.77. The van der Waals surface area contributed by atoms with E-state index in [0.717, 1.165) is 0 Å². The number of H-pyrrole nitrogens is 4. The summed E-state index contributed by atoms with van der Waals surface area (Å²) in [4.78, 5) is 41.0. The maximum atomic E-state index is 10.9. The summed E-state index contributed by atoms with van der Waals surface area (Å²) in [5.74, 6) is 0. The van der Waals surface area contributed by atoms with Crippen LogP contribution in [-0.4, -0.2) is 19.9 Å². The van der Waals surface area contributed by atoms with E-state index in [1.807, 2.05) is 4.98 Å². The number of imidazole rings is 1. The summed E-state index contributed by atoms with van der Waals surface area (Å²) < 4.78 is 0. The molecule has 0 amide bonds. The molecule has 7 nitrogen and oxygen atoms in total. The maximum Gasteiger partial charge on any atom is 0.327 e. The summed E-state index contributed by atoms with van der Waals surface area (Å²) in [5.41, 5.74) is -1.65. The van der Waals surface area contributed by atoms with Crippen LogP contribution in [0, 0.1) is 0 Å². The standard InChI is InChI=1S/C5H4N4O3.Ni/c10-3-1-2(7-4(11)6-1)8-5(12)9-3;/h(H4,6,7,8,9,10,11,12);. The third-order valence-corrected chi connectivity index (χ3v) is 1.42. The van der Waals surface area contributed by atoms with E-state index in [1.54, 1.807) is 0 Å². The number of hydrogen-bond acceptors (Lipinski definition) is 3. The van der Waals surface area contributed by atoms with Gasteiger partial charge in [0, 0.05) is 16.5 Å². The molecule has 2 rings (SSSR count). The smallest absolute Gasteiger partial charge is 0.300 e. The molecule has 2 aromatic rings. The molecule has 0 aliphatic carbocycles. The van der Waals surface area contributed by atoms with Crippen LogP contribution in [0.2, 0.25) is 0 Å². The van der Waals surface area contributed by atoms with Gasteiger partial charge in [-0.3, -0.25) is 24.7 Å². The zero-order valence-electron chi connectivity index (χ0n) is 6.04. The second kappa shape index (κ2) is 3.06. The number of aromatic amines is 4. The monoisotopic (exact) mass is 226 g/mol. The van der Waals surface area contributed by atoms with Crippen LogP contribution in [0.5, 0.6) is 0 Å². The minimum absolute atomic E-state index is 0. The molecule has 0 aliphatic rings. The zero-order chi connectivity index (χ0) is 8.72. The fourth-order valence-corrected chi connectivity index (χ4v) is 0.958. The topological polar surface area (TPSA) is 114 Å². The van der Waals surface area contributed by atoms with Crippen molar-refractivity contribution < 1.29 is 16.5 Å². The van der Waals surface area contributed by atoms with E-state index in [4.69, 9.17) is 0 Å². The first-order valence-electron chi connectivity index (χ1n) is 3.11. The van der Waals surface area contributed by atoms with Crippen LogP contribution >= 0.6 is 0 Å². The molecular weight excluding hydrogens is 223 g/mol. The summed E-state index contributed by atoms with van der Waals surface area (Å²) in [6, 6.07) is 0. The van der Waals surface area contributed by atoms with Gasteiger partial charge in [0.15, 0.2) is 0 Å². The van der Waals surface area contributed by atoms with Crippen molar-refractivity contribution in [1.29, 1.82) is 0 Å². The first-order valence-corrected chi connectivity index (χ1v) is 3.11. The van der Waals surface area contributed by atoms with Gasteiger partial charge in [-0.25, -0.2) is 9.59 Å². The van der Waals surface area contributed by atoms with Gasteiger partial charge in [-0.05, 0) is 0 Å². The van der Waals surface area contributed by atoms with E-state index in [2.05, 4.69) is 15.0 Å². The minimum atomic E-state index is -0.650. The second-order valence-electron chi connectivity index (χ2n) is 2.24. The molecule has 8 heteroatoms. The molecular formula is C5H4N4NiO3. The van der Waals surface area contributed by atoms with Gasteiger partial charge in [-0.2, -0.15) is 0 Å². The summed E-state index contributed by atoms with van der Waals surface area (Å²) in [5, 5.41) is 0. The molecule has 0 radical (unpaired) electrons. The van der Waals surface area contributed by atoms with Crippen LogP contribution in [0.25, 0.3) is 11.2 Å². The Bertz CT molecular complexity index is 588. The van der Waals surface area contributed by atoms with Gasteiger partial charge in [-0.1, -0.05) is 0 Å². The average molecular weight is 227 g/mol. The van der Waals surface area contributed by atoms with Crippen LogP contribution in [-0.2, 0) is 16.5 Å². The molecule has 0 unspecified atom stereocenters. The molecule has 0 bridgehead atoms. The number of hydrogen-bond donors (Lipinski definition) is 4. The number of fused-ring (bicyclic) bond motifs is 1. The summed E-state index contributed by atoms with van der Waals surface area (Å²) in [6.07, 6.45) is 0. The Morgan fingerprint density at radius 3 is 1.92 bits per heavy atom. The summed E-state index contributed by atoms with van der Waals surface area (Å²) in [6.45, 7) is 0. The largest absolute Gasteiger partial charge is 0.327 e. The molecule has 72 valence electrons. The van der Waals surface area contributed by atoms with E-state index in [-0.39, 0.29) is 27.7 Å². The van der Waals surface area contributed by atoms with Crippen molar-refractivity contribution in [3.8, 4) is 0 Å². The molecule has 2 aromatic heterocycles. The maximum absolute atomic E-state index is 10.9. The van der Waals surface area contributed by atoms with Gasteiger partial charge in [0.2, 0.25) is 0 Å². The van der Waals surface area contributed by atoms with E-state index in [0.29, 0.717) is 0 Å². The Hall–Kier alpha value is -1.56. The van der Waals surface area contributed by atoms with Crippen molar-refractivity contribution in [3.63, 3.8) is 0 Å². The number of rotatable bonds is 0. The van der Waals surface area contributed by atoms with E-state index in [1.165, 1.54) is 0 Å². The zero-order valence-corrected chi connectivity index (χ0v) is 7.03. The van der Waals surface area contributed by atoms with Gasteiger partial charge in [-0.15, -0.1) is 0 Å². The van der Waals surface area contributed by atoms with Gasteiger partial charge >= 0.3 is 11.4 Å². The van der Waals surface area contributed by atoms with Gasteiger partial charge < -0.3 is 0 Å². The van der Waals surface area contributed by atoms with Gasteiger partial charge in [0.25, 0.3) is 5.56 Å². The third-order valence-electron chi connectivity index (χ3n) is 1.42. The van der Waals surface area contributed by atoms with Crippen LogP contribution in [0.3, 0.4) is 0 Å². The second-order valence-corrected chi connectivity index (χ2v) is 2.24. The first-order chi connectivity index (χ1) is 5.66. The van der Waals surface area contributed by atoms with Crippen molar-refractivity contribution in [2.75, 3.05) is 0 Å². The first kappa shape index (κ1) is 9.53. The van der Waals surface area contributed by atoms with Crippen molar-refractivity contribution >= 4 is 11.2 Å². The molecule has 0 spiro atoms. The van der Waals surface area contributed by atoms with Crippen molar-refractivity contribution in [2.45, 2.75) is 0 Å². The van der Waals surface area contributed by atoms with E-state index in [9.17, 15) is 14.4 Å². The van der Waals surface area contributed by atoms with Crippen LogP contribution in [0.15, 0.2) is 14.4 Å². The SMILES string of the molecule is O=c1[nH]c(=O)c2[nH]c(=O)[nH]c2[nH]1.[Ni].